The van der Waals surface area contributed by atoms with Gasteiger partial charge in [0.15, 0.2) is 12.3 Å². The maximum Gasteiger partial charge on any atom is 0.359 e. The summed E-state index contributed by atoms with van der Waals surface area (Å²) in [5.41, 5.74) is 0.384. The molecule has 0 radical (unpaired) electrons. The molecule has 32 heavy (non-hydrogen) atoms. The Morgan fingerprint density at radius 3 is 2.56 bits per heavy atom. The van der Waals surface area contributed by atoms with Crippen molar-refractivity contribution in [1.29, 1.82) is 0 Å². The fraction of sp³-hybridized carbons (Fsp3) is 0.217. The highest BCUT2D eigenvalue weighted by atomic mass is 16.5. The summed E-state index contributed by atoms with van der Waals surface area (Å²) in [6.07, 6.45) is 0. The Kier molecular flexibility index (Phi) is 7.96. The van der Waals surface area contributed by atoms with Crippen molar-refractivity contribution in [3.63, 3.8) is 0 Å². The highest BCUT2D eigenvalue weighted by Gasteiger charge is 2.13. The van der Waals surface area contributed by atoms with Crippen LogP contribution in [0.5, 0.6) is 11.5 Å². The van der Waals surface area contributed by atoms with Crippen molar-refractivity contribution in [1.82, 2.24) is 15.1 Å². The minimum absolute atomic E-state index is 0.0788. The Hall–Kier alpha value is -4.14. The van der Waals surface area contributed by atoms with Crippen LogP contribution < -0.4 is 20.3 Å². The van der Waals surface area contributed by atoms with E-state index in [4.69, 9.17) is 14.2 Å². The summed E-state index contributed by atoms with van der Waals surface area (Å²) in [7, 11) is 1.56. The molecule has 1 N–H and O–H groups in total. The molecule has 0 aliphatic rings. The summed E-state index contributed by atoms with van der Waals surface area (Å²) in [5.74, 6) is 0.0691. The number of aromatic nitrogens is 2. The van der Waals surface area contributed by atoms with Crippen molar-refractivity contribution in [2.45, 2.75) is 13.1 Å². The van der Waals surface area contributed by atoms with Gasteiger partial charge >= 0.3 is 5.97 Å². The van der Waals surface area contributed by atoms with E-state index in [-0.39, 0.29) is 30.9 Å². The SMILES string of the molecule is COc1cccc(CNC(=O)COC(=O)c2ccc(=O)n(CCOc3ccccc3)n2)c1. The molecular weight excluding hydrogens is 414 g/mol. The average molecular weight is 437 g/mol. The first kappa shape index (κ1) is 22.5. The number of benzene rings is 2. The molecule has 2 aromatic carbocycles. The molecule has 0 aliphatic carbocycles. The number of para-hydroxylation sites is 1. The molecule has 0 saturated carbocycles. The molecule has 3 aromatic rings. The van der Waals surface area contributed by atoms with Crippen LogP contribution >= 0.6 is 0 Å². The molecule has 0 aliphatic heterocycles. The Balaban J connectivity index is 1.48. The van der Waals surface area contributed by atoms with E-state index in [2.05, 4.69) is 10.4 Å². The molecule has 3 rings (SSSR count). The third kappa shape index (κ3) is 6.69. The molecular formula is C23H23N3O6. The average Bonchev–Trinajstić information content (AvgIpc) is 2.83. The van der Waals surface area contributed by atoms with E-state index in [1.807, 2.05) is 30.3 Å². The van der Waals surface area contributed by atoms with Crippen LogP contribution in [0.15, 0.2) is 71.5 Å². The molecule has 9 heteroatoms. The fourth-order valence-corrected chi connectivity index (χ4v) is 2.72. The van der Waals surface area contributed by atoms with Crippen LogP contribution in [-0.2, 0) is 22.6 Å². The van der Waals surface area contributed by atoms with E-state index in [1.165, 1.54) is 12.1 Å². The van der Waals surface area contributed by atoms with Gasteiger partial charge in [-0.3, -0.25) is 9.59 Å². The number of hydrogen-bond donors (Lipinski definition) is 1. The summed E-state index contributed by atoms with van der Waals surface area (Å²) in [4.78, 5) is 36.2. The minimum Gasteiger partial charge on any atom is -0.497 e. The first-order valence-electron chi connectivity index (χ1n) is 9.88. The molecule has 166 valence electrons. The topological polar surface area (TPSA) is 109 Å². The first-order chi connectivity index (χ1) is 15.5. The lowest BCUT2D eigenvalue weighted by molar-refractivity contribution is -0.124. The number of nitrogens with one attached hydrogen (secondary N) is 1. The summed E-state index contributed by atoms with van der Waals surface area (Å²) in [6.45, 7) is 0.136. The number of methoxy groups -OCH3 is 1. The van der Waals surface area contributed by atoms with E-state index in [1.54, 1.807) is 31.4 Å². The van der Waals surface area contributed by atoms with Crippen LogP contribution in [0.4, 0.5) is 0 Å². The van der Waals surface area contributed by atoms with Crippen LogP contribution in [0.2, 0.25) is 0 Å². The van der Waals surface area contributed by atoms with Crippen molar-refractivity contribution in [2.24, 2.45) is 0 Å². The predicted octanol–water partition coefficient (Wildman–Crippen LogP) is 1.80. The Labute approximate surface area is 184 Å². The Morgan fingerprint density at radius 2 is 1.78 bits per heavy atom. The van der Waals surface area contributed by atoms with Gasteiger partial charge in [-0.15, -0.1) is 0 Å². The summed E-state index contributed by atoms with van der Waals surface area (Å²) < 4.78 is 16.8. The van der Waals surface area contributed by atoms with Gasteiger partial charge in [-0.05, 0) is 35.9 Å². The maximum atomic E-state index is 12.2. The number of amides is 1. The number of carbonyl (C=O) groups is 2. The largest absolute Gasteiger partial charge is 0.497 e. The number of esters is 1. The molecule has 1 aromatic heterocycles. The van der Waals surface area contributed by atoms with Gasteiger partial charge in [0.2, 0.25) is 0 Å². The monoisotopic (exact) mass is 437 g/mol. The summed E-state index contributed by atoms with van der Waals surface area (Å²) in [6, 6.07) is 18.8. The standard InChI is InChI=1S/C23H23N3O6/c1-30-19-9-5-6-17(14-19)15-24-21(27)16-32-23(29)20-10-11-22(28)26(25-20)12-13-31-18-7-3-2-4-8-18/h2-11,14H,12-13,15-16H2,1H3,(H,24,27). The van der Waals surface area contributed by atoms with Crippen LogP contribution in [0.3, 0.4) is 0 Å². The highest BCUT2D eigenvalue weighted by Crippen LogP contribution is 2.12. The molecule has 0 atom stereocenters. The van der Waals surface area contributed by atoms with Crippen LogP contribution in [-0.4, -0.2) is 42.0 Å². The Bertz CT molecular complexity index is 1110. The van der Waals surface area contributed by atoms with Gasteiger partial charge in [-0.25, -0.2) is 9.48 Å². The first-order valence-corrected chi connectivity index (χ1v) is 9.88. The summed E-state index contributed by atoms with van der Waals surface area (Å²) >= 11 is 0. The van der Waals surface area contributed by atoms with Gasteiger partial charge in [0.1, 0.15) is 18.1 Å². The van der Waals surface area contributed by atoms with Gasteiger partial charge < -0.3 is 19.5 Å². The van der Waals surface area contributed by atoms with Gasteiger partial charge in [-0.2, -0.15) is 5.10 Å². The third-order valence-electron chi connectivity index (χ3n) is 4.35. The molecule has 0 spiro atoms. The Morgan fingerprint density at radius 1 is 1.00 bits per heavy atom. The van der Waals surface area contributed by atoms with Crippen LogP contribution in [0.1, 0.15) is 16.1 Å². The van der Waals surface area contributed by atoms with Crippen molar-refractivity contribution in [3.8, 4) is 11.5 Å². The van der Waals surface area contributed by atoms with Gasteiger partial charge in [0.25, 0.3) is 11.5 Å². The van der Waals surface area contributed by atoms with Gasteiger partial charge in [0, 0.05) is 12.6 Å². The lowest BCUT2D eigenvalue weighted by Crippen LogP contribution is -2.30. The lowest BCUT2D eigenvalue weighted by atomic mass is 10.2. The van der Waals surface area contributed by atoms with Gasteiger partial charge in [-0.1, -0.05) is 30.3 Å². The zero-order valence-electron chi connectivity index (χ0n) is 17.5. The molecule has 0 unspecified atom stereocenters. The zero-order valence-corrected chi connectivity index (χ0v) is 17.5. The molecule has 1 heterocycles. The molecule has 0 fully saturated rings. The zero-order chi connectivity index (χ0) is 22.8. The van der Waals surface area contributed by atoms with Crippen molar-refractivity contribution < 1.29 is 23.8 Å². The molecule has 0 bridgehead atoms. The van der Waals surface area contributed by atoms with E-state index >= 15 is 0 Å². The second-order valence-corrected chi connectivity index (χ2v) is 6.65. The van der Waals surface area contributed by atoms with E-state index in [9.17, 15) is 14.4 Å². The molecule has 0 saturated heterocycles. The number of carbonyl (C=O) groups excluding carboxylic acids is 2. The highest BCUT2D eigenvalue weighted by molar-refractivity contribution is 5.89. The van der Waals surface area contributed by atoms with E-state index in [0.717, 1.165) is 10.2 Å². The smallest absolute Gasteiger partial charge is 0.359 e. The van der Waals surface area contributed by atoms with Crippen LogP contribution in [0.25, 0.3) is 0 Å². The number of ether oxygens (including phenoxy) is 3. The maximum absolute atomic E-state index is 12.2. The van der Waals surface area contributed by atoms with E-state index < -0.39 is 18.5 Å². The predicted molar refractivity (Wildman–Crippen MR) is 116 cm³/mol. The number of rotatable bonds is 10. The number of hydrogen-bond acceptors (Lipinski definition) is 7. The quantitative estimate of drug-likeness (QED) is 0.482. The van der Waals surface area contributed by atoms with Crippen LogP contribution in [0, 0.1) is 0 Å². The van der Waals surface area contributed by atoms with E-state index in [0.29, 0.717) is 11.5 Å². The van der Waals surface area contributed by atoms with Crippen molar-refractivity contribution in [3.05, 3.63) is 88.3 Å². The summed E-state index contributed by atoms with van der Waals surface area (Å²) in [5, 5.41) is 6.66. The third-order valence-corrected chi connectivity index (χ3v) is 4.35. The number of nitrogens with zero attached hydrogens (tertiary/aromatic N) is 2. The van der Waals surface area contributed by atoms with Crippen molar-refractivity contribution >= 4 is 11.9 Å². The lowest BCUT2D eigenvalue weighted by Gasteiger charge is -2.09. The minimum atomic E-state index is -0.806. The van der Waals surface area contributed by atoms with Crippen molar-refractivity contribution in [2.75, 3.05) is 20.3 Å². The molecule has 9 nitrogen and oxygen atoms in total. The second kappa shape index (κ2) is 11.3. The van der Waals surface area contributed by atoms with Gasteiger partial charge in [0.05, 0.1) is 13.7 Å². The fourth-order valence-electron chi connectivity index (χ4n) is 2.72. The normalized spacial score (nSPS) is 10.3. The second-order valence-electron chi connectivity index (χ2n) is 6.65. The molecule has 1 amide bonds.